The molecule has 1 amide bonds. The minimum atomic E-state index is -0.606. The molecular formula is C26H33NO5. The molecule has 0 radical (unpaired) electrons. The first-order valence-electron chi connectivity index (χ1n) is 11.1. The van der Waals surface area contributed by atoms with Gasteiger partial charge in [-0.25, -0.2) is 9.59 Å². The first-order valence-corrected chi connectivity index (χ1v) is 11.1. The van der Waals surface area contributed by atoms with E-state index in [0.717, 1.165) is 37.0 Å². The molecule has 32 heavy (non-hydrogen) atoms. The van der Waals surface area contributed by atoms with Crippen molar-refractivity contribution in [2.45, 2.75) is 70.7 Å². The number of carbonyl (C=O) groups is 2. The average molecular weight is 440 g/mol. The molecule has 3 rings (SSSR count). The molecule has 0 spiro atoms. The fourth-order valence-corrected chi connectivity index (χ4v) is 3.98. The minimum absolute atomic E-state index is 0.00572. The van der Waals surface area contributed by atoms with Gasteiger partial charge >= 0.3 is 12.1 Å². The van der Waals surface area contributed by atoms with Crippen LogP contribution in [0.25, 0.3) is 0 Å². The van der Waals surface area contributed by atoms with Crippen molar-refractivity contribution in [2.75, 3.05) is 7.11 Å². The Labute approximate surface area is 190 Å². The Kier molecular flexibility index (Phi) is 7.78. The van der Waals surface area contributed by atoms with Crippen LogP contribution in [0.5, 0.6) is 5.75 Å². The first-order chi connectivity index (χ1) is 15.3. The molecule has 0 atom stereocenters. The van der Waals surface area contributed by atoms with Gasteiger partial charge in [-0.1, -0.05) is 36.4 Å². The van der Waals surface area contributed by atoms with Crippen LogP contribution in [-0.4, -0.2) is 41.8 Å². The van der Waals surface area contributed by atoms with Gasteiger partial charge in [-0.15, -0.1) is 0 Å². The molecule has 0 bridgehead atoms. The first kappa shape index (κ1) is 23.6. The van der Waals surface area contributed by atoms with E-state index in [-0.39, 0.29) is 24.8 Å². The molecular weight excluding hydrogens is 406 g/mol. The third kappa shape index (κ3) is 6.49. The van der Waals surface area contributed by atoms with Crippen LogP contribution in [0.3, 0.4) is 0 Å². The highest BCUT2D eigenvalue weighted by atomic mass is 16.6. The Bertz CT molecular complexity index is 898. The van der Waals surface area contributed by atoms with Gasteiger partial charge in [0.25, 0.3) is 0 Å². The third-order valence-corrected chi connectivity index (χ3v) is 5.52. The number of rotatable bonds is 6. The standard InChI is InChI=1S/C26H33NO5/c1-26(2,3)32-25(29)27(18-19-10-8-9-13-23(19)24(28)30-4)20-14-16-22(17-15-20)31-21-11-6-5-7-12-21/h5-13,20,22H,14-18H2,1-4H3/t20-,22-. The van der Waals surface area contributed by atoms with Gasteiger partial charge in [0.1, 0.15) is 11.4 Å². The largest absolute Gasteiger partial charge is 0.490 e. The summed E-state index contributed by atoms with van der Waals surface area (Å²) in [5, 5.41) is 0. The lowest BCUT2D eigenvalue weighted by Gasteiger charge is -2.38. The summed E-state index contributed by atoms with van der Waals surface area (Å²) >= 11 is 0. The smallest absolute Gasteiger partial charge is 0.410 e. The van der Waals surface area contributed by atoms with Crippen LogP contribution in [0, 0.1) is 0 Å². The van der Waals surface area contributed by atoms with Gasteiger partial charge in [0, 0.05) is 6.04 Å². The number of amides is 1. The summed E-state index contributed by atoms with van der Waals surface area (Å²) in [4.78, 5) is 27.1. The van der Waals surface area contributed by atoms with Gasteiger partial charge < -0.3 is 19.1 Å². The summed E-state index contributed by atoms with van der Waals surface area (Å²) in [5.41, 5.74) is 0.600. The molecule has 6 heteroatoms. The predicted molar refractivity (Wildman–Crippen MR) is 123 cm³/mol. The van der Waals surface area contributed by atoms with E-state index < -0.39 is 11.6 Å². The SMILES string of the molecule is COC(=O)c1ccccc1CN(C(=O)OC(C)(C)C)[C@H]1CC[C@H](Oc2ccccc2)CC1. The second-order valence-electron chi connectivity index (χ2n) is 9.12. The van der Waals surface area contributed by atoms with Crippen LogP contribution < -0.4 is 4.74 Å². The van der Waals surface area contributed by atoms with Crippen LogP contribution in [0.1, 0.15) is 62.4 Å². The summed E-state index contributed by atoms with van der Waals surface area (Å²) in [5.74, 6) is 0.455. The zero-order valence-corrected chi connectivity index (χ0v) is 19.4. The van der Waals surface area contributed by atoms with E-state index in [4.69, 9.17) is 14.2 Å². The lowest BCUT2D eigenvalue weighted by atomic mass is 9.91. The third-order valence-electron chi connectivity index (χ3n) is 5.52. The highest BCUT2D eigenvalue weighted by Crippen LogP contribution is 2.29. The maximum absolute atomic E-state index is 13.1. The molecule has 172 valence electrons. The molecule has 0 N–H and O–H groups in total. The summed E-state index contributed by atoms with van der Waals surface area (Å²) in [7, 11) is 1.36. The number of hydrogen-bond donors (Lipinski definition) is 0. The maximum Gasteiger partial charge on any atom is 0.410 e. The molecule has 1 fully saturated rings. The number of methoxy groups -OCH3 is 1. The van der Waals surface area contributed by atoms with Crippen molar-refractivity contribution < 1.29 is 23.8 Å². The Morgan fingerprint density at radius 1 is 0.938 bits per heavy atom. The zero-order chi connectivity index (χ0) is 23.1. The Balaban J connectivity index is 1.74. The number of ether oxygens (including phenoxy) is 3. The van der Waals surface area contributed by atoms with E-state index in [1.54, 1.807) is 17.0 Å². The molecule has 6 nitrogen and oxygen atoms in total. The molecule has 2 aromatic rings. The Hall–Kier alpha value is -3.02. The van der Waals surface area contributed by atoms with Crippen LogP contribution in [-0.2, 0) is 16.0 Å². The molecule has 1 saturated carbocycles. The van der Waals surface area contributed by atoms with Gasteiger partial charge in [-0.05, 0) is 70.2 Å². The normalized spacial score (nSPS) is 18.5. The van der Waals surface area contributed by atoms with E-state index in [9.17, 15) is 9.59 Å². The van der Waals surface area contributed by atoms with Gasteiger partial charge in [0.15, 0.2) is 0 Å². The van der Waals surface area contributed by atoms with Crippen LogP contribution in [0.2, 0.25) is 0 Å². The maximum atomic E-state index is 13.1. The van der Waals surface area contributed by atoms with Crippen molar-refractivity contribution in [1.29, 1.82) is 0 Å². The molecule has 1 aliphatic rings. The molecule has 2 aromatic carbocycles. The van der Waals surface area contributed by atoms with Gasteiger partial charge in [0.2, 0.25) is 0 Å². The lowest BCUT2D eigenvalue weighted by molar-refractivity contribution is 0.00422. The van der Waals surface area contributed by atoms with Crippen molar-refractivity contribution in [1.82, 2.24) is 4.90 Å². The summed E-state index contributed by atoms with van der Waals surface area (Å²) in [6.07, 6.45) is 3.05. The summed E-state index contributed by atoms with van der Waals surface area (Å²) in [6, 6.07) is 17.0. The van der Waals surface area contributed by atoms with E-state index in [0.29, 0.717) is 5.56 Å². The minimum Gasteiger partial charge on any atom is -0.490 e. The quantitative estimate of drug-likeness (QED) is 0.548. The average Bonchev–Trinajstić information content (AvgIpc) is 2.77. The Morgan fingerprint density at radius 2 is 1.56 bits per heavy atom. The zero-order valence-electron chi connectivity index (χ0n) is 19.4. The number of esters is 1. The van der Waals surface area contributed by atoms with Crippen LogP contribution >= 0.6 is 0 Å². The van der Waals surface area contributed by atoms with Crippen LogP contribution in [0.15, 0.2) is 54.6 Å². The second-order valence-corrected chi connectivity index (χ2v) is 9.12. The second kappa shape index (κ2) is 10.5. The summed E-state index contributed by atoms with van der Waals surface area (Å²) in [6.45, 7) is 5.86. The van der Waals surface area contributed by atoms with E-state index >= 15 is 0 Å². The number of carbonyl (C=O) groups excluding carboxylic acids is 2. The molecule has 0 saturated heterocycles. The van der Waals surface area contributed by atoms with Gasteiger partial charge in [-0.2, -0.15) is 0 Å². The fourth-order valence-electron chi connectivity index (χ4n) is 3.98. The predicted octanol–water partition coefficient (Wildman–Crippen LogP) is 5.60. The fraction of sp³-hybridized carbons (Fsp3) is 0.462. The molecule has 1 aliphatic carbocycles. The van der Waals surface area contributed by atoms with Gasteiger partial charge in [0.05, 0.1) is 25.3 Å². The van der Waals surface area contributed by atoms with E-state index in [1.807, 2.05) is 63.2 Å². The Morgan fingerprint density at radius 3 is 2.19 bits per heavy atom. The lowest BCUT2D eigenvalue weighted by Crippen LogP contribution is -2.45. The van der Waals surface area contributed by atoms with Crippen molar-refractivity contribution in [3.63, 3.8) is 0 Å². The van der Waals surface area contributed by atoms with Crippen molar-refractivity contribution in [3.8, 4) is 5.75 Å². The number of hydrogen-bond acceptors (Lipinski definition) is 5. The highest BCUT2D eigenvalue weighted by molar-refractivity contribution is 5.91. The van der Waals surface area contributed by atoms with Crippen molar-refractivity contribution >= 4 is 12.1 Å². The van der Waals surface area contributed by atoms with E-state index in [1.165, 1.54) is 7.11 Å². The van der Waals surface area contributed by atoms with Crippen molar-refractivity contribution in [2.24, 2.45) is 0 Å². The van der Waals surface area contributed by atoms with E-state index in [2.05, 4.69) is 0 Å². The number of nitrogens with zero attached hydrogens (tertiary/aromatic N) is 1. The molecule has 0 aromatic heterocycles. The van der Waals surface area contributed by atoms with Crippen molar-refractivity contribution in [3.05, 3.63) is 65.7 Å². The highest BCUT2D eigenvalue weighted by Gasteiger charge is 2.33. The van der Waals surface area contributed by atoms with Gasteiger partial charge in [-0.3, -0.25) is 0 Å². The molecule has 0 heterocycles. The number of benzene rings is 2. The summed E-state index contributed by atoms with van der Waals surface area (Å²) < 4.78 is 16.8. The van der Waals surface area contributed by atoms with Crippen LogP contribution in [0.4, 0.5) is 4.79 Å². The topological polar surface area (TPSA) is 65.1 Å². The number of para-hydroxylation sites is 1. The molecule has 0 unspecified atom stereocenters. The monoisotopic (exact) mass is 439 g/mol. The molecule has 0 aliphatic heterocycles.